The molecule has 1 aromatic carbocycles. The molecule has 1 heterocycles. The highest BCUT2D eigenvalue weighted by Gasteiger charge is 2.22. The van der Waals surface area contributed by atoms with E-state index in [2.05, 4.69) is 49.2 Å². The minimum atomic E-state index is -0.138. The smallest absolute Gasteiger partial charge is 0.0610 e. The lowest BCUT2D eigenvalue weighted by Gasteiger charge is -2.34. The highest BCUT2D eigenvalue weighted by atomic mass is 16.3. The number of aliphatic hydroxyl groups is 1. The van der Waals surface area contributed by atoms with Crippen LogP contribution in [0.5, 0.6) is 0 Å². The predicted molar refractivity (Wildman–Crippen MR) is 90.1 cm³/mol. The topological polar surface area (TPSA) is 35.5 Å². The van der Waals surface area contributed by atoms with Crippen molar-refractivity contribution < 1.29 is 5.11 Å². The lowest BCUT2D eigenvalue weighted by molar-refractivity contribution is 0.166. The lowest BCUT2D eigenvalue weighted by Crippen LogP contribution is -2.46. The molecule has 0 radical (unpaired) electrons. The molecule has 0 saturated heterocycles. The third kappa shape index (κ3) is 4.21. The van der Waals surface area contributed by atoms with Crippen LogP contribution in [0.15, 0.2) is 18.2 Å². The second-order valence-electron chi connectivity index (χ2n) is 6.58. The fourth-order valence-corrected chi connectivity index (χ4v) is 3.35. The maximum Gasteiger partial charge on any atom is 0.0610 e. The van der Waals surface area contributed by atoms with E-state index in [1.807, 2.05) is 0 Å². The molecule has 0 aromatic heterocycles. The number of aliphatic hydroxyl groups excluding tert-OH is 1. The number of rotatable bonds is 7. The molecule has 0 saturated carbocycles. The fraction of sp³-hybridized carbons (Fsp3) is 0.667. The number of benzene rings is 1. The first-order valence-electron chi connectivity index (χ1n) is 8.28. The van der Waals surface area contributed by atoms with Gasteiger partial charge >= 0.3 is 0 Å². The number of nitrogens with one attached hydrogen (secondary N) is 1. The van der Waals surface area contributed by atoms with Gasteiger partial charge in [0.25, 0.3) is 0 Å². The molecule has 1 atom stereocenters. The molecule has 0 bridgehead atoms. The van der Waals surface area contributed by atoms with Crippen molar-refractivity contribution in [3.8, 4) is 0 Å². The normalized spacial score (nSPS) is 17.4. The molecule has 3 heteroatoms. The Bertz CT molecular complexity index is 461. The first-order chi connectivity index (χ1) is 10.1. The zero-order chi connectivity index (χ0) is 15.3. The first kappa shape index (κ1) is 16.3. The van der Waals surface area contributed by atoms with Gasteiger partial charge in [-0.2, -0.15) is 0 Å². The molecule has 1 aliphatic heterocycles. The Morgan fingerprint density at radius 2 is 2.19 bits per heavy atom. The molecular formula is C18H30N2O. The Balaban J connectivity index is 1.93. The highest BCUT2D eigenvalue weighted by Crippen LogP contribution is 2.28. The number of anilines is 1. The zero-order valence-electron chi connectivity index (χ0n) is 13.8. The van der Waals surface area contributed by atoms with Crippen LogP contribution in [0.4, 0.5) is 5.69 Å². The Kier molecular flexibility index (Phi) is 5.65. The number of hydrogen-bond donors (Lipinski definition) is 2. The van der Waals surface area contributed by atoms with Crippen LogP contribution in [-0.2, 0) is 6.42 Å². The Morgan fingerprint density at radius 1 is 1.38 bits per heavy atom. The van der Waals surface area contributed by atoms with E-state index in [4.69, 9.17) is 0 Å². The predicted octanol–water partition coefficient (Wildman–Crippen LogP) is 2.89. The highest BCUT2D eigenvalue weighted by molar-refractivity contribution is 5.56. The Morgan fingerprint density at radius 3 is 2.90 bits per heavy atom. The van der Waals surface area contributed by atoms with Crippen LogP contribution in [-0.4, -0.2) is 36.9 Å². The quantitative estimate of drug-likeness (QED) is 0.810. The summed E-state index contributed by atoms with van der Waals surface area (Å²) in [5.41, 5.74) is 4.13. The Labute approximate surface area is 129 Å². The molecular weight excluding hydrogens is 260 g/mol. The molecule has 0 spiro atoms. The van der Waals surface area contributed by atoms with Crippen molar-refractivity contribution in [2.45, 2.75) is 52.0 Å². The van der Waals surface area contributed by atoms with Crippen molar-refractivity contribution in [1.82, 2.24) is 5.32 Å². The minimum absolute atomic E-state index is 0.138. The average Bonchev–Trinajstić information content (AvgIpc) is 2.47. The van der Waals surface area contributed by atoms with Gasteiger partial charge in [0.1, 0.15) is 0 Å². The third-order valence-electron chi connectivity index (χ3n) is 4.56. The second kappa shape index (κ2) is 7.28. The third-order valence-corrected chi connectivity index (χ3v) is 4.56. The van der Waals surface area contributed by atoms with Gasteiger partial charge in [0.05, 0.1) is 6.61 Å². The van der Waals surface area contributed by atoms with Crippen molar-refractivity contribution in [3.05, 3.63) is 29.3 Å². The number of aryl methyl sites for hydroxylation is 2. The van der Waals surface area contributed by atoms with Crippen molar-refractivity contribution >= 4 is 5.69 Å². The zero-order valence-corrected chi connectivity index (χ0v) is 13.8. The van der Waals surface area contributed by atoms with Gasteiger partial charge in [-0.3, -0.25) is 0 Å². The van der Waals surface area contributed by atoms with E-state index in [-0.39, 0.29) is 12.1 Å². The SMILES string of the molecule is CCNC(C)(CO)CCCN1CCCc2cc(C)ccc21. The van der Waals surface area contributed by atoms with Gasteiger partial charge in [0, 0.05) is 24.3 Å². The van der Waals surface area contributed by atoms with Crippen molar-refractivity contribution in [1.29, 1.82) is 0 Å². The van der Waals surface area contributed by atoms with Gasteiger partial charge in [-0.25, -0.2) is 0 Å². The number of fused-ring (bicyclic) bond motifs is 1. The van der Waals surface area contributed by atoms with Crippen molar-refractivity contribution in [2.24, 2.45) is 0 Å². The molecule has 2 rings (SSSR count). The molecule has 0 aliphatic carbocycles. The molecule has 2 N–H and O–H groups in total. The van der Waals surface area contributed by atoms with Crippen molar-refractivity contribution in [3.63, 3.8) is 0 Å². The van der Waals surface area contributed by atoms with Crippen LogP contribution in [0.1, 0.15) is 44.2 Å². The second-order valence-corrected chi connectivity index (χ2v) is 6.58. The number of nitrogens with zero attached hydrogens (tertiary/aromatic N) is 1. The molecule has 21 heavy (non-hydrogen) atoms. The van der Waals surface area contributed by atoms with Crippen LogP contribution in [0, 0.1) is 6.92 Å². The summed E-state index contributed by atoms with van der Waals surface area (Å²) in [6.07, 6.45) is 4.58. The molecule has 0 fully saturated rings. The number of likely N-dealkylation sites (N-methyl/N-ethyl adjacent to an activating group) is 1. The molecule has 118 valence electrons. The van der Waals surface area contributed by atoms with Gasteiger partial charge in [-0.1, -0.05) is 24.6 Å². The fourth-order valence-electron chi connectivity index (χ4n) is 3.35. The van der Waals surface area contributed by atoms with E-state index >= 15 is 0 Å². The summed E-state index contributed by atoms with van der Waals surface area (Å²) >= 11 is 0. The van der Waals surface area contributed by atoms with Crippen molar-refractivity contribution in [2.75, 3.05) is 31.1 Å². The minimum Gasteiger partial charge on any atom is -0.394 e. The van der Waals surface area contributed by atoms with Gasteiger partial charge in [-0.05, 0) is 57.7 Å². The van der Waals surface area contributed by atoms with Crippen LogP contribution in [0.25, 0.3) is 0 Å². The van der Waals surface area contributed by atoms with Gasteiger partial charge in [0.15, 0.2) is 0 Å². The van der Waals surface area contributed by atoms with E-state index in [0.717, 1.165) is 32.5 Å². The number of hydrogen-bond acceptors (Lipinski definition) is 3. The van der Waals surface area contributed by atoms with E-state index < -0.39 is 0 Å². The summed E-state index contributed by atoms with van der Waals surface area (Å²) < 4.78 is 0. The first-order valence-corrected chi connectivity index (χ1v) is 8.28. The van der Waals surface area contributed by atoms with Crippen LogP contribution in [0.3, 0.4) is 0 Å². The van der Waals surface area contributed by atoms with Crippen LogP contribution in [0.2, 0.25) is 0 Å². The van der Waals surface area contributed by atoms with Crippen LogP contribution >= 0.6 is 0 Å². The summed E-state index contributed by atoms with van der Waals surface area (Å²) in [7, 11) is 0. The molecule has 1 unspecified atom stereocenters. The van der Waals surface area contributed by atoms with Gasteiger partial charge in [0.2, 0.25) is 0 Å². The maximum atomic E-state index is 9.57. The Hall–Kier alpha value is -1.06. The summed E-state index contributed by atoms with van der Waals surface area (Å²) in [4.78, 5) is 2.52. The summed E-state index contributed by atoms with van der Waals surface area (Å²) in [5, 5.41) is 13.0. The summed E-state index contributed by atoms with van der Waals surface area (Å²) in [5.74, 6) is 0. The van der Waals surface area contributed by atoms with E-state index in [1.54, 1.807) is 0 Å². The lowest BCUT2D eigenvalue weighted by atomic mass is 9.95. The van der Waals surface area contributed by atoms with Gasteiger partial charge < -0.3 is 15.3 Å². The molecule has 1 aliphatic rings. The van der Waals surface area contributed by atoms with E-state index in [0.29, 0.717) is 0 Å². The molecule has 3 nitrogen and oxygen atoms in total. The van der Waals surface area contributed by atoms with E-state index in [1.165, 1.54) is 29.7 Å². The standard InChI is InChI=1S/C18H30N2O/c1-4-19-18(3,14-21)10-6-12-20-11-5-7-16-13-15(2)8-9-17(16)20/h8-9,13,19,21H,4-7,10-12,14H2,1-3H3. The summed E-state index contributed by atoms with van der Waals surface area (Å²) in [6.45, 7) is 9.73. The van der Waals surface area contributed by atoms with Crippen LogP contribution < -0.4 is 10.2 Å². The molecule has 0 amide bonds. The maximum absolute atomic E-state index is 9.57. The van der Waals surface area contributed by atoms with Gasteiger partial charge in [-0.15, -0.1) is 0 Å². The molecule has 1 aromatic rings. The van der Waals surface area contributed by atoms with E-state index in [9.17, 15) is 5.11 Å². The average molecular weight is 290 g/mol. The summed E-state index contributed by atoms with van der Waals surface area (Å²) in [6, 6.07) is 6.82. The largest absolute Gasteiger partial charge is 0.394 e. The monoisotopic (exact) mass is 290 g/mol.